The lowest BCUT2D eigenvalue weighted by Crippen LogP contribution is -2.55. The lowest BCUT2D eigenvalue weighted by Gasteiger charge is -2.61. The summed E-state index contributed by atoms with van der Waals surface area (Å²) in [4.78, 5) is 15.7. The van der Waals surface area contributed by atoms with Gasteiger partial charge in [-0.25, -0.2) is 0 Å². The van der Waals surface area contributed by atoms with Crippen molar-refractivity contribution in [3.05, 3.63) is 11.6 Å². The van der Waals surface area contributed by atoms with Gasteiger partial charge in [0.05, 0.1) is 6.04 Å². The molecule has 3 heteroatoms. The molecular weight excluding hydrogens is 344 g/mol. The first-order chi connectivity index (χ1) is 13.2. The Morgan fingerprint density at radius 1 is 1.07 bits per heavy atom. The zero-order valence-corrected chi connectivity index (χ0v) is 19.1. The van der Waals surface area contributed by atoms with Gasteiger partial charge in [0, 0.05) is 13.1 Å². The Labute approximate surface area is 172 Å². The van der Waals surface area contributed by atoms with Crippen molar-refractivity contribution in [3.8, 4) is 0 Å². The highest BCUT2D eigenvalue weighted by Gasteiger charge is 2.59. The number of hydrogen-bond donors (Lipinski definition) is 0. The highest BCUT2D eigenvalue weighted by atomic mass is 16.1. The normalized spacial score (nSPS) is 46.2. The first-order valence-electron chi connectivity index (χ1n) is 11.8. The summed E-state index contributed by atoms with van der Waals surface area (Å²) in [5, 5.41) is 0. The Hall–Kier alpha value is -0.830. The van der Waals surface area contributed by atoms with Gasteiger partial charge in [0.1, 0.15) is 0 Å². The molecule has 4 aliphatic carbocycles. The number of nitrogens with zero attached hydrogens (tertiary/aromatic N) is 2. The molecule has 28 heavy (non-hydrogen) atoms. The first kappa shape index (κ1) is 20.4. The topological polar surface area (TPSA) is 23.6 Å². The number of fused-ring (bicyclic) bond motifs is 5. The van der Waals surface area contributed by atoms with Crippen LogP contribution >= 0.6 is 0 Å². The van der Waals surface area contributed by atoms with Crippen LogP contribution in [0.1, 0.15) is 72.1 Å². The summed E-state index contributed by atoms with van der Waals surface area (Å²) in [5.74, 6) is 3.53. The molecule has 0 aromatic heterocycles. The maximum absolute atomic E-state index is 11.4. The van der Waals surface area contributed by atoms with Gasteiger partial charge in [-0.05, 0) is 112 Å². The predicted molar refractivity (Wildman–Crippen MR) is 116 cm³/mol. The molecule has 5 unspecified atom stereocenters. The molecule has 0 radical (unpaired) electrons. The smallest absolute Gasteiger partial charge is 0.209 e. The number of hydrogen-bond acceptors (Lipinski definition) is 2. The van der Waals surface area contributed by atoms with Crippen molar-refractivity contribution in [2.24, 2.45) is 34.5 Å². The number of rotatable bonds is 4. The van der Waals surface area contributed by atoms with E-state index in [9.17, 15) is 4.79 Å². The molecule has 1 amide bonds. The summed E-state index contributed by atoms with van der Waals surface area (Å²) >= 11 is 0. The molecule has 0 N–H and O–H groups in total. The summed E-state index contributed by atoms with van der Waals surface area (Å²) in [5.41, 5.74) is 2.42. The van der Waals surface area contributed by atoms with E-state index in [1.165, 1.54) is 51.4 Å². The van der Waals surface area contributed by atoms with E-state index < -0.39 is 0 Å². The predicted octanol–water partition coefficient (Wildman–Crippen LogP) is 4.97. The summed E-state index contributed by atoms with van der Waals surface area (Å²) < 4.78 is 0. The average Bonchev–Trinajstić information content (AvgIpc) is 3.03. The van der Waals surface area contributed by atoms with Crippen LogP contribution in [0.25, 0.3) is 0 Å². The highest BCUT2D eigenvalue weighted by Crippen LogP contribution is 2.66. The van der Waals surface area contributed by atoms with Crippen LogP contribution in [0, 0.1) is 34.5 Å². The molecule has 8 atom stereocenters. The zero-order chi connectivity index (χ0) is 20.3. The molecule has 3 fully saturated rings. The van der Waals surface area contributed by atoms with Crippen LogP contribution < -0.4 is 0 Å². The van der Waals surface area contributed by atoms with Gasteiger partial charge < -0.3 is 9.80 Å². The average molecular weight is 387 g/mol. The van der Waals surface area contributed by atoms with E-state index in [4.69, 9.17) is 0 Å². The Kier molecular flexibility index (Phi) is 5.22. The summed E-state index contributed by atoms with van der Waals surface area (Å²) in [6.45, 7) is 7.41. The molecule has 0 heterocycles. The fourth-order valence-corrected chi connectivity index (χ4v) is 8.26. The quantitative estimate of drug-likeness (QED) is 0.503. The summed E-state index contributed by atoms with van der Waals surface area (Å²) in [6, 6.07) is 1.04. The number of allylic oxidation sites excluding steroid dienone is 1. The first-order valence-corrected chi connectivity index (χ1v) is 11.8. The van der Waals surface area contributed by atoms with Crippen molar-refractivity contribution in [2.75, 3.05) is 21.1 Å². The highest BCUT2D eigenvalue weighted by molar-refractivity contribution is 5.49. The van der Waals surface area contributed by atoms with Gasteiger partial charge >= 0.3 is 0 Å². The number of likely N-dealkylation sites (N-methyl/N-ethyl adjacent to an activating group) is 1. The Bertz CT molecular complexity index is 642. The van der Waals surface area contributed by atoms with Crippen molar-refractivity contribution in [3.63, 3.8) is 0 Å². The molecule has 0 aromatic carbocycles. The number of amides is 1. The molecule has 0 bridgehead atoms. The molecule has 0 aliphatic heterocycles. The van der Waals surface area contributed by atoms with Crippen LogP contribution in [0.3, 0.4) is 0 Å². The summed E-state index contributed by atoms with van der Waals surface area (Å²) in [7, 11) is 6.48. The largest absolute Gasteiger partial charge is 0.342 e. The van der Waals surface area contributed by atoms with Crippen molar-refractivity contribution in [2.45, 2.75) is 84.2 Å². The number of carbonyl (C=O) groups is 1. The molecular formula is C25H42N2O. The Balaban J connectivity index is 1.55. The van der Waals surface area contributed by atoms with E-state index in [1.807, 2.05) is 11.9 Å². The maximum Gasteiger partial charge on any atom is 0.209 e. The third-order valence-electron chi connectivity index (χ3n) is 10.2. The molecule has 0 aromatic rings. The van der Waals surface area contributed by atoms with Crippen LogP contribution in [0.15, 0.2) is 11.6 Å². The molecule has 4 rings (SSSR count). The Morgan fingerprint density at radius 3 is 2.50 bits per heavy atom. The van der Waals surface area contributed by atoms with E-state index in [0.717, 1.165) is 36.1 Å². The van der Waals surface area contributed by atoms with Gasteiger partial charge in [0.25, 0.3) is 0 Å². The number of carbonyl (C=O) groups excluding carboxylic acids is 1. The van der Waals surface area contributed by atoms with E-state index in [1.54, 1.807) is 5.57 Å². The second-order valence-corrected chi connectivity index (χ2v) is 11.3. The van der Waals surface area contributed by atoms with Gasteiger partial charge in [-0.3, -0.25) is 4.79 Å². The lowest BCUT2D eigenvalue weighted by atomic mass is 9.44. The molecule has 0 saturated heterocycles. The van der Waals surface area contributed by atoms with E-state index >= 15 is 0 Å². The van der Waals surface area contributed by atoms with Crippen molar-refractivity contribution < 1.29 is 4.79 Å². The fraction of sp³-hybridized carbons (Fsp3) is 0.880. The second-order valence-electron chi connectivity index (χ2n) is 11.3. The molecule has 3 nitrogen and oxygen atoms in total. The minimum atomic E-state index is 0.242. The van der Waals surface area contributed by atoms with E-state index in [0.29, 0.717) is 10.8 Å². The maximum atomic E-state index is 11.4. The van der Waals surface area contributed by atoms with Gasteiger partial charge in [0.15, 0.2) is 0 Å². The van der Waals surface area contributed by atoms with Crippen LogP contribution in [0.5, 0.6) is 0 Å². The van der Waals surface area contributed by atoms with Gasteiger partial charge in [-0.2, -0.15) is 0 Å². The SMILES string of the molecule is CC(C1=CCC2C3CCC4C[C@H](N(C)C)CC[C@]4(C)C3CC[C@]12C)N(C)C=O. The van der Waals surface area contributed by atoms with Crippen molar-refractivity contribution in [1.82, 2.24) is 9.80 Å². The minimum absolute atomic E-state index is 0.242. The van der Waals surface area contributed by atoms with Gasteiger partial charge in [-0.1, -0.05) is 19.9 Å². The second kappa shape index (κ2) is 7.15. The van der Waals surface area contributed by atoms with Crippen LogP contribution in [0.4, 0.5) is 0 Å². The third kappa shape index (κ3) is 2.90. The van der Waals surface area contributed by atoms with Crippen LogP contribution in [-0.4, -0.2) is 49.4 Å². The Morgan fingerprint density at radius 2 is 1.82 bits per heavy atom. The van der Waals surface area contributed by atoms with Crippen molar-refractivity contribution in [1.29, 1.82) is 0 Å². The third-order valence-corrected chi connectivity index (χ3v) is 10.2. The standard InChI is InChI=1S/C25H42N2O/c1-17(27(6)16-28)21-9-10-22-20-8-7-18-15-19(26(4)5)11-13-24(18,2)23(20)12-14-25(21,22)3/h9,16-20,22-23H,7-8,10-15H2,1-6H3/t17?,18?,19-,20?,22?,23?,24+,25-/m1/s1. The van der Waals surface area contributed by atoms with E-state index in [-0.39, 0.29) is 6.04 Å². The molecule has 4 aliphatic rings. The minimum Gasteiger partial charge on any atom is -0.342 e. The van der Waals surface area contributed by atoms with E-state index in [2.05, 4.69) is 45.8 Å². The summed E-state index contributed by atoms with van der Waals surface area (Å²) in [6.07, 6.45) is 14.6. The van der Waals surface area contributed by atoms with Gasteiger partial charge in [0.2, 0.25) is 6.41 Å². The molecule has 158 valence electrons. The van der Waals surface area contributed by atoms with Gasteiger partial charge in [-0.15, -0.1) is 0 Å². The monoisotopic (exact) mass is 386 g/mol. The zero-order valence-electron chi connectivity index (χ0n) is 19.1. The van der Waals surface area contributed by atoms with Crippen molar-refractivity contribution >= 4 is 6.41 Å². The molecule has 3 saturated carbocycles. The molecule has 0 spiro atoms. The lowest BCUT2D eigenvalue weighted by molar-refractivity contribution is -0.119. The van der Waals surface area contributed by atoms with Crippen LogP contribution in [0.2, 0.25) is 0 Å². The van der Waals surface area contributed by atoms with Crippen LogP contribution in [-0.2, 0) is 4.79 Å². The fourth-order valence-electron chi connectivity index (χ4n) is 8.26.